The van der Waals surface area contributed by atoms with Gasteiger partial charge in [-0.1, -0.05) is 41.4 Å². The minimum atomic E-state index is -1.10. The van der Waals surface area contributed by atoms with E-state index in [0.717, 1.165) is 4.90 Å². The molecular weight excluding hydrogens is 469 g/mol. The van der Waals surface area contributed by atoms with Gasteiger partial charge in [0, 0.05) is 22.2 Å². The molecule has 2 aliphatic heterocycles. The number of nitro benzene ring substituents is 1. The molecule has 3 atom stereocenters. The van der Waals surface area contributed by atoms with E-state index in [4.69, 9.17) is 28.0 Å². The summed E-state index contributed by atoms with van der Waals surface area (Å²) in [5.41, 5.74) is 1.24. The van der Waals surface area contributed by atoms with Gasteiger partial charge in [0.2, 0.25) is 5.91 Å². The monoisotopic (exact) mass is 483 g/mol. The fourth-order valence-corrected chi connectivity index (χ4v) is 4.57. The zero-order chi connectivity index (χ0) is 23.3. The van der Waals surface area contributed by atoms with E-state index < -0.39 is 34.8 Å². The van der Waals surface area contributed by atoms with E-state index in [-0.39, 0.29) is 5.69 Å². The molecule has 2 saturated heterocycles. The topological polar surface area (TPSA) is 93.0 Å². The first kappa shape index (κ1) is 21.4. The molecule has 2 heterocycles. The van der Waals surface area contributed by atoms with Crippen LogP contribution in [-0.2, 0) is 14.4 Å². The van der Waals surface area contributed by atoms with Crippen LogP contribution in [0.25, 0.3) is 0 Å². The number of halogens is 2. The number of nitrogens with zero attached hydrogens (tertiary/aromatic N) is 3. The first-order valence-corrected chi connectivity index (χ1v) is 10.7. The summed E-state index contributed by atoms with van der Waals surface area (Å²) in [6.45, 7) is 0. The SMILES string of the molecule is O=C1C2ON(c3ccc(Cl)cc3)C(c3cccc([N+](=O)[O-])c3)C2C(=O)N1c1cccc(Cl)c1. The van der Waals surface area contributed by atoms with E-state index in [9.17, 15) is 19.7 Å². The predicted octanol–water partition coefficient (Wildman–Crippen LogP) is 4.95. The summed E-state index contributed by atoms with van der Waals surface area (Å²) in [4.78, 5) is 44.8. The molecule has 0 spiro atoms. The number of carbonyl (C=O) groups excluding carboxylic acids is 2. The van der Waals surface area contributed by atoms with E-state index in [1.807, 2.05) is 0 Å². The zero-order valence-corrected chi connectivity index (χ0v) is 18.3. The second-order valence-corrected chi connectivity index (χ2v) is 8.52. The highest BCUT2D eigenvalue weighted by Crippen LogP contribution is 2.48. The molecule has 2 fully saturated rings. The summed E-state index contributed by atoms with van der Waals surface area (Å²) >= 11 is 12.1. The molecule has 0 aromatic heterocycles. The predicted molar refractivity (Wildman–Crippen MR) is 122 cm³/mol. The number of amides is 2. The molecule has 0 bridgehead atoms. The quantitative estimate of drug-likeness (QED) is 0.296. The smallest absolute Gasteiger partial charge is 0.269 e. The Balaban J connectivity index is 1.61. The molecule has 2 aliphatic rings. The van der Waals surface area contributed by atoms with Crippen molar-refractivity contribution in [3.63, 3.8) is 0 Å². The van der Waals surface area contributed by atoms with Crippen LogP contribution >= 0.6 is 23.2 Å². The standard InChI is InChI=1S/C23H15Cl2N3O5/c24-14-7-9-16(10-8-14)27-20(13-3-1-6-18(11-13)28(31)32)19-21(33-27)23(30)26(22(19)29)17-5-2-4-15(25)12-17/h1-12,19-21H. The lowest BCUT2D eigenvalue weighted by molar-refractivity contribution is -0.384. The van der Waals surface area contributed by atoms with Gasteiger partial charge >= 0.3 is 0 Å². The van der Waals surface area contributed by atoms with Crippen molar-refractivity contribution in [1.82, 2.24) is 0 Å². The number of rotatable bonds is 4. The number of non-ortho nitro benzene ring substituents is 1. The molecule has 0 saturated carbocycles. The Kier molecular flexibility index (Phi) is 5.28. The van der Waals surface area contributed by atoms with Crippen LogP contribution in [0.4, 0.5) is 17.1 Å². The maximum atomic E-state index is 13.5. The van der Waals surface area contributed by atoms with Crippen LogP contribution in [0.1, 0.15) is 11.6 Å². The number of carbonyl (C=O) groups is 2. The van der Waals surface area contributed by atoms with Crippen molar-refractivity contribution in [3.8, 4) is 0 Å². The molecule has 2 amide bonds. The van der Waals surface area contributed by atoms with Crippen LogP contribution in [0.2, 0.25) is 10.0 Å². The van der Waals surface area contributed by atoms with Gasteiger partial charge in [0.15, 0.2) is 6.10 Å². The van der Waals surface area contributed by atoms with Crippen LogP contribution in [0.5, 0.6) is 0 Å². The molecule has 5 rings (SSSR count). The van der Waals surface area contributed by atoms with Crippen molar-refractivity contribution < 1.29 is 19.3 Å². The Hall–Kier alpha value is -3.46. The molecule has 3 unspecified atom stereocenters. The lowest BCUT2D eigenvalue weighted by Gasteiger charge is -2.28. The third-order valence-corrected chi connectivity index (χ3v) is 6.17. The maximum absolute atomic E-state index is 13.5. The van der Waals surface area contributed by atoms with E-state index >= 15 is 0 Å². The highest BCUT2D eigenvalue weighted by atomic mass is 35.5. The van der Waals surface area contributed by atoms with Gasteiger partial charge in [-0.2, -0.15) is 0 Å². The highest BCUT2D eigenvalue weighted by Gasteiger charge is 2.60. The van der Waals surface area contributed by atoms with Crippen LogP contribution < -0.4 is 9.96 Å². The summed E-state index contributed by atoms with van der Waals surface area (Å²) in [5.74, 6) is -1.92. The van der Waals surface area contributed by atoms with E-state index in [0.29, 0.717) is 27.0 Å². The van der Waals surface area contributed by atoms with Gasteiger partial charge in [0.05, 0.1) is 22.3 Å². The highest BCUT2D eigenvalue weighted by molar-refractivity contribution is 6.31. The molecule has 3 aromatic rings. The molecule has 3 aromatic carbocycles. The Labute approximate surface area is 198 Å². The van der Waals surface area contributed by atoms with Crippen LogP contribution in [-0.4, -0.2) is 22.8 Å². The molecular formula is C23H15Cl2N3O5. The Morgan fingerprint density at radius 3 is 2.27 bits per heavy atom. The van der Waals surface area contributed by atoms with Crippen molar-refractivity contribution in [1.29, 1.82) is 0 Å². The third kappa shape index (κ3) is 3.62. The molecule has 0 N–H and O–H groups in total. The Morgan fingerprint density at radius 1 is 0.848 bits per heavy atom. The van der Waals surface area contributed by atoms with Gasteiger partial charge in [0.25, 0.3) is 11.6 Å². The van der Waals surface area contributed by atoms with Gasteiger partial charge in [-0.05, 0) is 48.0 Å². The van der Waals surface area contributed by atoms with Gasteiger partial charge in [-0.3, -0.25) is 24.5 Å². The second kappa shape index (κ2) is 8.15. The molecule has 8 nitrogen and oxygen atoms in total. The van der Waals surface area contributed by atoms with Crippen LogP contribution in [0.3, 0.4) is 0 Å². The minimum Gasteiger partial charge on any atom is -0.273 e. The van der Waals surface area contributed by atoms with Crippen molar-refractivity contribution >= 4 is 52.1 Å². The Morgan fingerprint density at radius 2 is 1.58 bits per heavy atom. The van der Waals surface area contributed by atoms with E-state index in [1.54, 1.807) is 48.5 Å². The largest absolute Gasteiger partial charge is 0.273 e. The van der Waals surface area contributed by atoms with Crippen LogP contribution in [0, 0.1) is 16.0 Å². The summed E-state index contributed by atoms with van der Waals surface area (Å²) in [6.07, 6.45) is -1.10. The van der Waals surface area contributed by atoms with E-state index in [2.05, 4.69) is 0 Å². The molecule has 166 valence electrons. The average molecular weight is 484 g/mol. The fraction of sp³-hybridized carbons (Fsp3) is 0.130. The lowest BCUT2D eigenvalue weighted by Crippen LogP contribution is -2.37. The molecule has 0 radical (unpaired) electrons. The van der Waals surface area contributed by atoms with Gasteiger partial charge in [0.1, 0.15) is 5.92 Å². The minimum absolute atomic E-state index is 0.129. The number of anilines is 2. The number of hydrogen-bond donors (Lipinski definition) is 0. The maximum Gasteiger partial charge on any atom is 0.269 e. The van der Waals surface area contributed by atoms with Crippen molar-refractivity contribution in [2.24, 2.45) is 5.92 Å². The molecule has 0 aliphatic carbocycles. The molecule has 33 heavy (non-hydrogen) atoms. The normalized spacial score (nSPS) is 22.1. The number of fused-ring (bicyclic) bond motifs is 1. The van der Waals surface area contributed by atoms with Crippen molar-refractivity contribution in [3.05, 3.63) is 98.5 Å². The summed E-state index contributed by atoms with van der Waals surface area (Å²) < 4.78 is 0. The first-order valence-electron chi connectivity index (χ1n) is 9.94. The zero-order valence-electron chi connectivity index (χ0n) is 16.8. The Bertz CT molecular complexity index is 1280. The van der Waals surface area contributed by atoms with Crippen molar-refractivity contribution in [2.75, 3.05) is 9.96 Å². The van der Waals surface area contributed by atoms with Gasteiger partial charge in [-0.25, -0.2) is 9.96 Å². The second-order valence-electron chi connectivity index (χ2n) is 7.64. The molecule has 10 heteroatoms. The van der Waals surface area contributed by atoms with E-state index in [1.165, 1.54) is 29.3 Å². The van der Waals surface area contributed by atoms with Gasteiger partial charge in [-0.15, -0.1) is 0 Å². The number of hydroxylamine groups is 1. The van der Waals surface area contributed by atoms with Crippen LogP contribution in [0.15, 0.2) is 72.8 Å². The lowest BCUT2D eigenvalue weighted by atomic mass is 9.90. The van der Waals surface area contributed by atoms with Gasteiger partial charge < -0.3 is 0 Å². The third-order valence-electron chi connectivity index (χ3n) is 5.69. The van der Waals surface area contributed by atoms with Crippen molar-refractivity contribution in [2.45, 2.75) is 12.1 Å². The first-order chi connectivity index (χ1) is 15.8. The number of hydrogen-bond acceptors (Lipinski definition) is 6. The number of benzene rings is 3. The number of imide groups is 1. The average Bonchev–Trinajstić information content (AvgIpc) is 3.30. The summed E-state index contributed by atoms with van der Waals surface area (Å²) in [6, 6.07) is 18.3. The fourth-order valence-electron chi connectivity index (χ4n) is 4.26. The summed E-state index contributed by atoms with van der Waals surface area (Å²) in [5, 5.41) is 13.7. The summed E-state index contributed by atoms with van der Waals surface area (Å²) in [7, 11) is 0. The number of nitro groups is 1.